The second-order valence-corrected chi connectivity index (χ2v) is 11.4. The van der Waals surface area contributed by atoms with Gasteiger partial charge in [-0.05, 0) is 55.1 Å². The van der Waals surface area contributed by atoms with Crippen molar-refractivity contribution in [2.45, 2.75) is 32.2 Å². The number of hydrogen-bond donors (Lipinski definition) is 0. The van der Waals surface area contributed by atoms with Crippen molar-refractivity contribution in [2.75, 3.05) is 56.3 Å². The number of unbranched alkanes of at least 4 members (excludes halogenated alkanes) is 1. The van der Waals surface area contributed by atoms with Crippen LogP contribution in [0.4, 0.5) is 16.2 Å². The molecule has 1 saturated heterocycles. The first-order valence-corrected chi connectivity index (χ1v) is 15.1. The van der Waals surface area contributed by atoms with Crippen molar-refractivity contribution in [3.05, 3.63) is 87.9 Å². The van der Waals surface area contributed by atoms with Gasteiger partial charge in [0.25, 0.3) is 5.91 Å². The van der Waals surface area contributed by atoms with Gasteiger partial charge in [-0.15, -0.1) is 5.06 Å². The van der Waals surface area contributed by atoms with Gasteiger partial charge in [0.1, 0.15) is 5.75 Å². The largest absolute Gasteiger partial charge is 0.494 e. The SMILES string of the molecule is CN(Cc1ccccc1)C(=O)ON1C(=O)CCc2ccc(OCCCCN3CCN(c4cccc(Cl)c4Cl)CC3)cc21. The number of ether oxygens (including phenoxy) is 1. The predicted molar refractivity (Wildman–Crippen MR) is 166 cm³/mol. The van der Waals surface area contributed by atoms with Crippen LogP contribution >= 0.6 is 23.2 Å². The van der Waals surface area contributed by atoms with Crippen LogP contribution in [0.15, 0.2) is 66.7 Å². The molecule has 1 fully saturated rings. The highest BCUT2D eigenvalue weighted by molar-refractivity contribution is 6.43. The number of anilines is 2. The molecule has 0 spiro atoms. The van der Waals surface area contributed by atoms with Crippen molar-refractivity contribution in [3.63, 3.8) is 0 Å². The standard InChI is InChI=1S/C32H36Cl2N4O4/c1-35(23-24-8-3-2-4-9-24)32(40)42-38-29-22-26(14-12-25(29)13-15-30(38)39)41-21-6-5-16-36-17-19-37(20-18-36)28-11-7-10-27(33)31(28)34/h2-4,7-12,14,22H,5-6,13,15-21,23H2,1H3. The van der Waals surface area contributed by atoms with Crippen LogP contribution in [0.1, 0.15) is 30.4 Å². The molecule has 0 radical (unpaired) electrons. The Kier molecular flexibility index (Phi) is 10.1. The normalized spacial score (nSPS) is 15.4. The van der Waals surface area contributed by atoms with Crippen molar-refractivity contribution in [1.82, 2.24) is 9.80 Å². The molecule has 222 valence electrons. The van der Waals surface area contributed by atoms with Gasteiger partial charge in [0, 0.05) is 52.3 Å². The van der Waals surface area contributed by atoms with Crippen molar-refractivity contribution in [2.24, 2.45) is 0 Å². The number of piperazine rings is 1. The van der Waals surface area contributed by atoms with Crippen LogP contribution in [-0.2, 0) is 22.6 Å². The minimum Gasteiger partial charge on any atom is -0.494 e. The molecule has 42 heavy (non-hydrogen) atoms. The Balaban J connectivity index is 1.07. The third-order valence-corrected chi connectivity index (χ3v) is 8.44. The lowest BCUT2D eigenvalue weighted by Gasteiger charge is -2.36. The van der Waals surface area contributed by atoms with Crippen molar-refractivity contribution < 1.29 is 19.2 Å². The van der Waals surface area contributed by atoms with Gasteiger partial charge in [-0.3, -0.25) is 9.69 Å². The Morgan fingerprint density at radius 2 is 1.69 bits per heavy atom. The van der Waals surface area contributed by atoms with E-state index in [1.165, 1.54) is 4.90 Å². The van der Waals surface area contributed by atoms with Gasteiger partial charge in [-0.2, -0.15) is 0 Å². The fourth-order valence-electron chi connectivity index (χ4n) is 5.26. The first-order valence-electron chi connectivity index (χ1n) is 14.4. The quantitative estimate of drug-likeness (QED) is 0.246. The fraction of sp³-hybridized carbons (Fsp3) is 0.375. The van der Waals surface area contributed by atoms with Gasteiger partial charge < -0.3 is 19.4 Å². The van der Waals surface area contributed by atoms with Gasteiger partial charge in [0.05, 0.1) is 28.0 Å². The van der Waals surface area contributed by atoms with E-state index >= 15 is 0 Å². The number of fused-ring (bicyclic) bond motifs is 1. The average Bonchev–Trinajstić information content (AvgIpc) is 3.00. The topological polar surface area (TPSA) is 65.6 Å². The van der Waals surface area contributed by atoms with E-state index in [1.807, 2.05) is 60.7 Å². The van der Waals surface area contributed by atoms with Crippen LogP contribution in [0.2, 0.25) is 10.0 Å². The minimum absolute atomic E-state index is 0.251. The molecular weight excluding hydrogens is 575 g/mol. The molecule has 2 heterocycles. The number of carbonyl (C=O) groups is 2. The maximum absolute atomic E-state index is 12.8. The Hall–Kier alpha value is -3.46. The number of benzene rings is 3. The zero-order valence-corrected chi connectivity index (χ0v) is 25.3. The first kappa shape index (κ1) is 30.0. The van der Waals surface area contributed by atoms with Crippen LogP contribution in [-0.4, -0.2) is 68.2 Å². The summed E-state index contributed by atoms with van der Waals surface area (Å²) >= 11 is 12.6. The zero-order chi connectivity index (χ0) is 29.5. The Bertz CT molecular complexity index is 1380. The molecule has 3 aromatic rings. The van der Waals surface area contributed by atoms with E-state index in [0.29, 0.717) is 41.1 Å². The maximum atomic E-state index is 12.8. The number of nitrogens with zero attached hydrogens (tertiary/aromatic N) is 4. The summed E-state index contributed by atoms with van der Waals surface area (Å²) in [6, 6.07) is 21.0. The lowest BCUT2D eigenvalue weighted by molar-refractivity contribution is -0.124. The number of halogens is 2. The molecule has 0 aromatic heterocycles. The third kappa shape index (κ3) is 7.48. The smallest absolute Gasteiger partial charge is 0.434 e. The number of hydroxylamine groups is 1. The Labute approximate surface area is 257 Å². The number of amides is 2. The summed E-state index contributed by atoms with van der Waals surface area (Å²) in [6.45, 7) is 5.70. The second-order valence-electron chi connectivity index (χ2n) is 10.6. The van der Waals surface area contributed by atoms with E-state index in [0.717, 1.165) is 67.4 Å². The lowest BCUT2D eigenvalue weighted by atomic mass is 10.0. The van der Waals surface area contributed by atoms with Crippen LogP contribution in [0.25, 0.3) is 0 Å². The molecule has 10 heteroatoms. The zero-order valence-electron chi connectivity index (χ0n) is 23.8. The van der Waals surface area contributed by atoms with E-state index in [1.54, 1.807) is 13.1 Å². The van der Waals surface area contributed by atoms with E-state index in [-0.39, 0.29) is 12.3 Å². The molecular formula is C32H36Cl2N4O4. The van der Waals surface area contributed by atoms with Gasteiger partial charge in [0.2, 0.25) is 0 Å². The summed E-state index contributed by atoms with van der Waals surface area (Å²) in [4.78, 5) is 37.3. The molecule has 0 bridgehead atoms. The Morgan fingerprint density at radius 3 is 2.48 bits per heavy atom. The molecule has 0 aliphatic carbocycles. The summed E-state index contributed by atoms with van der Waals surface area (Å²) in [5.41, 5.74) is 3.47. The molecule has 0 unspecified atom stereocenters. The average molecular weight is 612 g/mol. The van der Waals surface area contributed by atoms with Crippen LogP contribution in [0.5, 0.6) is 5.75 Å². The van der Waals surface area contributed by atoms with E-state index in [2.05, 4.69) is 9.80 Å². The van der Waals surface area contributed by atoms with Crippen LogP contribution in [0, 0.1) is 0 Å². The number of carbonyl (C=O) groups excluding carboxylic acids is 2. The monoisotopic (exact) mass is 610 g/mol. The summed E-state index contributed by atoms with van der Waals surface area (Å²) in [5, 5.41) is 2.32. The van der Waals surface area contributed by atoms with Gasteiger partial charge in [-0.25, -0.2) is 4.79 Å². The first-order chi connectivity index (χ1) is 20.4. The number of aryl methyl sites for hydroxylation is 1. The fourth-order valence-corrected chi connectivity index (χ4v) is 5.67. The minimum atomic E-state index is -0.595. The Morgan fingerprint density at radius 1 is 0.905 bits per heavy atom. The molecule has 0 N–H and O–H groups in total. The third-order valence-electron chi connectivity index (χ3n) is 7.64. The molecule has 2 aliphatic heterocycles. The molecule has 3 aromatic carbocycles. The maximum Gasteiger partial charge on any atom is 0.434 e. The highest BCUT2D eigenvalue weighted by atomic mass is 35.5. The van der Waals surface area contributed by atoms with E-state index in [4.69, 9.17) is 32.8 Å². The molecule has 8 nitrogen and oxygen atoms in total. The molecule has 0 saturated carbocycles. The van der Waals surface area contributed by atoms with Crippen molar-refractivity contribution in [1.29, 1.82) is 0 Å². The van der Waals surface area contributed by atoms with E-state index in [9.17, 15) is 9.59 Å². The van der Waals surface area contributed by atoms with Crippen LogP contribution in [0.3, 0.4) is 0 Å². The number of rotatable bonds is 10. The number of hydrogen-bond acceptors (Lipinski definition) is 6. The van der Waals surface area contributed by atoms with Gasteiger partial charge >= 0.3 is 6.09 Å². The van der Waals surface area contributed by atoms with Gasteiger partial charge in [-0.1, -0.05) is 65.7 Å². The summed E-state index contributed by atoms with van der Waals surface area (Å²) in [7, 11) is 1.65. The second kappa shape index (κ2) is 14.1. The molecule has 5 rings (SSSR count). The summed E-state index contributed by atoms with van der Waals surface area (Å²) < 4.78 is 6.03. The molecule has 0 atom stereocenters. The van der Waals surface area contributed by atoms with Crippen LogP contribution < -0.4 is 14.7 Å². The highest BCUT2D eigenvalue weighted by Crippen LogP contribution is 2.34. The predicted octanol–water partition coefficient (Wildman–Crippen LogP) is 6.44. The molecule has 2 aliphatic rings. The lowest BCUT2D eigenvalue weighted by Crippen LogP contribution is -2.46. The van der Waals surface area contributed by atoms with Crippen molar-refractivity contribution in [3.8, 4) is 5.75 Å². The highest BCUT2D eigenvalue weighted by Gasteiger charge is 2.29. The van der Waals surface area contributed by atoms with E-state index < -0.39 is 6.09 Å². The summed E-state index contributed by atoms with van der Waals surface area (Å²) in [5.74, 6) is 0.396. The van der Waals surface area contributed by atoms with Gasteiger partial charge in [0.15, 0.2) is 0 Å². The summed E-state index contributed by atoms with van der Waals surface area (Å²) in [6.07, 6.45) is 2.20. The molecule has 2 amide bonds. The van der Waals surface area contributed by atoms with Crippen molar-refractivity contribution >= 4 is 46.6 Å².